The van der Waals surface area contributed by atoms with Crippen molar-refractivity contribution in [3.05, 3.63) is 101 Å². The number of aryl methyl sites for hydroxylation is 1. The van der Waals surface area contributed by atoms with Crippen molar-refractivity contribution in [3.8, 4) is 0 Å². The molecule has 0 spiro atoms. The fourth-order valence-corrected chi connectivity index (χ4v) is 4.99. The van der Waals surface area contributed by atoms with Gasteiger partial charge in [-0.25, -0.2) is 8.42 Å². The van der Waals surface area contributed by atoms with E-state index in [4.69, 9.17) is 11.6 Å². The Morgan fingerprint density at radius 2 is 1.49 bits per heavy atom. The molecule has 0 saturated carbocycles. The third kappa shape index (κ3) is 7.81. The van der Waals surface area contributed by atoms with E-state index in [2.05, 4.69) is 5.32 Å². The van der Waals surface area contributed by atoms with Crippen molar-refractivity contribution >= 4 is 39.1 Å². The number of benzene rings is 3. The van der Waals surface area contributed by atoms with Crippen LogP contribution in [0.3, 0.4) is 0 Å². The Hall–Kier alpha value is -3.36. The van der Waals surface area contributed by atoms with E-state index in [1.54, 1.807) is 36.4 Å². The molecule has 0 radical (unpaired) electrons. The van der Waals surface area contributed by atoms with Crippen molar-refractivity contribution in [1.29, 1.82) is 0 Å². The van der Waals surface area contributed by atoms with Gasteiger partial charge in [-0.15, -0.1) is 0 Å². The smallest absolute Gasteiger partial charge is 0.244 e. The molecule has 0 bridgehead atoms. The lowest BCUT2D eigenvalue weighted by molar-refractivity contribution is -0.139. The molecule has 1 atom stereocenters. The second-order valence-electron chi connectivity index (χ2n) is 8.76. The van der Waals surface area contributed by atoms with E-state index < -0.39 is 28.5 Å². The zero-order chi connectivity index (χ0) is 27.0. The highest BCUT2D eigenvalue weighted by Crippen LogP contribution is 2.21. The maximum atomic E-state index is 13.8. The number of nitrogens with one attached hydrogen (secondary N) is 1. The Morgan fingerprint density at radius 3 is 2.03 bits per heavy atom. The second-order valence-corrected chi connectivity index (χ2v) is 11.1. The standard InChI is InChI=1S/C28H32ClN3O4S/c1-4-21-12-16-25(17-13-21)32(37(3,35)36)20-27(33)31(19-23-10-14-24(29)15-11-23)26(28(34)30-2)18-22-8-6-5-7-9-22/h5-17,26H,4,18-20H2,1-3H3,(H,30,34)/t26-/m1/s1. The highest BCUT2D eigenvalue weighted by Gasteiger charge is 2.32. The zero-order valence-corrected chi connectivity index (χ0v) is 22.8. The van der Waals surface area contributed by atoms with E-state index in [9.17, 15) is 18.0 Å². The number of amides is 2. The molecule has 37 heavy (non-hydrogen) atoms. The van der Waals surface area contributed by atoms with Crippen molar-refractivity contribution < 1.29 is 18.0 Å². The first-order chi connectivity index (χ1) is 17.6. The van der Waals surface area contributed by atoms with Crippen LogP contribution in [0.5, 0.6) is 0 Å². The topological polar surface area (TPSA) is 86.8 Å². The summed E-state index contributed by atoms with van der Waals surface area (Å²) in [5.41, 5.74) is 3.08. The summed E-state index contributed by atoms with van der Waals surface area (Å²) in [4.78, 5) is 28.3. The second kappa shape index (κ2) is 12.7. The molecule has 3 rings (SSSR count). The molecule has 9 heteroatoms. The van der Waals surface area contributed by atoms with Crippen molar-refractivity contribution in [2.24, 2.45) is 0 Å². The fraction of sp³-hybridized carbons (Fsp3) is 0.286. The third-order valence-electron chi connectivity index (χ3n) is 6.10. The molecule has 0 heterocycles. The lowest BCUT2D eigenvalue weighted by Crippen LogP contribution is -2.52. The summed E-state index contributed by atoms with van der Waals surface area (Å²) in [6, 6.07) is 22.6. The van der Waals surface area contributed by atoms with E-state index in [0.717, 1.165) is 33.7 Å². The molecule has 1 N–H and O–H groups in total. The number of carbonyl (C=O) groups is 2. The number of carbonyl (C=O) groups excluding carboxylic acids is 2. The summed E-state index contributed by atoms with van der Waals surface area (Å²) in [5.74, 6) is -0.839. The number of sulfonamides is 1. The maximum Gasteiger partial charge on any atom is 0.244 e. The van der Waals surface area contributed by atoms with E-state index in [0.29, 0.717) is 10.7 Å². The summed E-state index contributed by atoms with van der Waals surface area (Å²) in [5, 5.41) is 3.21. The van der Waals surface area contributed by atoms with Gasteiger partial charge in [0, 0.05) is 25.0 Å². The van der Waals surface area contributed by atoms with Crippen LogP contribution in [-0.4, -0.2) is 51.0 Å². The molecule has 3 aromatic rings. The number of halogens is 1. The number of hydrogen-bond acceptors (Lipinski definition) is 4. The molecule has 3 aromatic carbocycles. The highest BCUT2D eigenvalue weighted by molar-refractivity contribution is 7.92. The van der Waals surface area contributed by atoms with Gasteiger partial charge >= 0.3 is 0 Å². The Kier molecular flexibility index (Phi) is 9.72. The Morgan fingerprint density at radius 1 is 0.892 bits per heavy atom. The first kappa shape index (κ1) is 28.2. The van der Waals surface area contributed by atoms with Crippen molar-refractivity contribution in [3.63, 3.8) is 0 Å². The van der Waals surface area contributed by atoms with Gasteiger partial charge in [0.1, 0.15) is 12.6 Å². The van der Waals surface area contributed by atoms with Crippen molar-refractivity contribution in [2.45, 2.75) is 32.4 Å². The van der Waals surface area contributed by atoms with Gasteiger partial charge in [-0.05, 0) is 47.4 Å². The number of nitrogens with zero attached hydrogens (tertiary/aromatic N) is 2. The fourth-order valence-electron chi connectivity index (χ4n) is 4.02. The Balaban J connectivity index is 2.00. The van der Waals surface area contributed by atoms with Gasteiger partial charge in [0.05, 0.1) is 11.9 Å². The van der Waals surface area contributed by atoms with E-state index >= 15 is 0 Å². The van der Waals surface area contributed by atoms with E-state index in [1.165, 1.54) is 11.9 Å². The molecule has 0 aliphatic carbocycles. The molecular weight excluding hydrogens is 510 g/mol. The minimum absolute atomic E-state index is 0.104. The predicted octanol–water partition coefficient (Wildman–Crippen LogP) is 4.05. The quantitative estimate of drug-likeness (QED) is 0.397. The summed E-state index contributed by atoms with van der Waals surface area (Å²) >= 11 is 6.04. The molecular formula is C28H32ClN3O4S. The van der Waals surface area contributed by atoms with Gasteiger partial charge in [-0.2, -0.15) is 0 Å². The van der Waals surface area contributed by atoms with Gasteiger partial charge in [0.2, 0.25) is 21.8 Å². The van der Waals surface area contributed by atoms with Crippen molar-refractivity contribution in [2.75, 3.05) is 24.2 Å². The largest absolute Gasteiger partial charge is 0.357 e. The van der Waals surface area contributed by atoms with Crippen LogP contribution < -0.4 is 9.62 Å². The minimum atomic E-state index is -3.79. The van der Waals surface area contributed by atoms with Crippen LogP contribution in [0, 0.1) is 0 Å². The van der Waals surface area contributed by atoms with Crippen molar-refractivity contribution in [1.82, 2.24) is 10.2 Å². The molecule has 0 aromatic heterocycles. The Bertz CT molecular complexity index is 1300. The normalized spacial score (nSPS) is 12.0. The predicted molar refractivity (Wildman–Crippen MR) is 148 cm³/mol. The monoisotopic (exact) mass is 541 g/mol. The summed E-state index contributed by atoms with van der Waals surface area (Å²) in [7, 11) is -2.27. The maximum absolute atomic E-state index is 13.8. The molecule has 0 aliphatic heterocycles. The molecule has 7 nitrogen and oxygen atoms in total. The first-order valence-electron chi connectivity index (χ1n) is 12.0. The van der Waals surface area contributed by atoms with Crippen LogP contribution in [0.4, 0.5) is 5.69 Å². The molecule has 0 aliphatic rings. The number of anilines is 1. The summed E-state index contributed by atoms with van der Waals surface area (Å²) in [6.45, 7) is 1.67. The number of hydrogen-bond donors (Lipinski definition) is 1. The van der Waals surface area contributed by atoms with E-state index in [1.807, 2.05) is 49.4 Å². The Labute approximate surface area is 224 Å². The number of rotatable bonds is 11. The average molecular weight is 542 g/mol. The molecule has 0 saturated heterocycles. The van der Waals surface area contributed by atoms with Gasteiger partial charge in [-0.3, -0.25) is 13.9 Å². The van der Waals surface area contributed by atoms with Crippen LogP contribution in [0.25, 0.3) is 0 Å². The SMILES string of the molecule is CCc1ccc(N(CC(=O)N(Cc2ccc(Cl)cc2)[C@H](Cc2ccccc2)C(=O)NC)S(C)(=O)=O)cc1. The third-order valence-corrected chi connectivity index (χ3v) is 7.49. The van der Waals surface area contributed by atoms with Crippen LogP contribution >= 0.6 is 11.6 Å². The van der Waals surface area contributed by atoms with Gasteiger partial charge in [0.25, 0.3) is 0 Å². The van der Waals surface area contributed by atoms with Gasteiger partial charge in [0.15, 0.2) is 0 Å². The van der Waals surface area contributed by atoms with Crippen LogP contribution in [0.1, 0.15) is 23.6 Å². The van der Waals surface area contributed by atoms with E-state index in [-0.39, 0.29) is 18.9 Å². The highest BCUT2D eigenvalue weighted by atomic mass is 35.5. The summed E-state index contributed by atoms with van der Waals surface area (Å²) in [6.07, 6.45) is 2.14. The molecule has 196 valence electrons. The van der Waals surface area contributed by atoms with Crippen LogP contribution in [0.15, 0.2) is 78.9 Å². The lowest BCUT2D eigenvalue weighted by Gasteiger charge is -2.33. The van der Waals surface area contributed by atoms with Crippen LogP contribution in [0.2, 0.25) is 5.02 Å². The minimum Gasteiger partial charge on any atom is -0.357 e. The molecule has 0 fully saturated rings. The summed E-state index contributed by atoms with van der Waals surface area (Å²) < 4.78 is 26.6. The first-order valence-corrected chi connectivity index (χ1v) is 14.2. The molecule has 0 unspecified atom stereocenters. The number of likely N-dealkylation sites (N-methyl/N-ethyl adjacent to an activating group) is 1. The average Bonchev–Trinajstić information content (AvgIpc) is 2.89. The lowest BCUT2D eigenvalue weighted by atomic mass is 10.0. The zero-order valence-electron chi connectivity index (χ0n) is 21.2. The van der Waals surface area contributed by atoms with Gasteiger partial charge < -0.3 is 10.2 Å². The molecule has 2 amide bonds. The van der Waals surface area contributed by atoms with Crippen LogP contribution in [-0.2, 0) is 39.0 Å². The van der Waals surface area contributed by atoms with Gasteiger partial charge in [-0.1, -0.05) is 73.1 Å².